The van der Waals surface area contributed by atoms with Crippen LogP contribution in [0.2, 0.25) is 0 Å². The van der Waals surface area contributed by atoms with Gasteiger partial charge in [-0.3, -0.25) is 0 Å². The molecule has 3 N–H and O–H groups in total. The van der Waals surface area contributed by atoms with Crippen LogP contribution in [0.5, 0.6) is 11.5 Å². The lowest BCUT2D eigenvalue weighted by Crippen LogP contribution is -2.61. The Morgan fingerprint density at radius 3 is 2.38 bits per heavy atom. The summed E-state index contributed by atoms with van der Waals surface area (Å²) in [6.07, 6.45) is -2.49. The van der Waals surface area contributed by atoms with Crippen molar-refractivity contribution in [3.05, 3.63) is 90.0 Å². The molecule has 15 heteroatoms. The molecule has 6 rings (SSSR count). The first-order valence-corrected chi connectivity index (χ1v) is 19.3. The molecule has 14 nitrogen and oxygen atoms in total. The average Bonchev–Trinajstić information content (AvgIpc) is 3.89. The smallest absolute Gasteiger partial charge is 0.315 e. The van der Waals surface area contributed by atoms with E-state index in [1.807, 2.05) is 74.5 Å². The third-order valence-electron chi connectivity index (χ3n) is 10.0. The van der Waals surface area contributed by atoms with Crippen molar-refractivity contribution < 1.29 is 47.2 Å². The largest absolute Gasteiger partial charge is 0.530 e. The van der Waals surface area contributed by atoms with E-state index in [4.69, 9.17) is 18.9 Å². The molecule has 3 aromatic carbocycles. The van der Waals surface area contributed by atoms with Gasteiger partial charge >= 0.3 is 6.03 Å². The maximum Gasteiger partial charge on any atom is 0.315 e. The first-order chi connectivity index (χ1) is 25.4. The molecule has 3 aromatic rings. The van der Waals surface area contributed by atoms with Gasteiger partial charge in [0.15, 0.2) is 17.8 Å². The van der Waals surface area contributed by atoms with Crippen molar-refractivity contribution in [2.75, 3.05) is 39.6 Å². The van der Waals surface area contributed by atoms with Gasteiger partial charge in [-0.1, -0.05) is 74.5 Å². The predicted octanol–water partition coefficient (Wildman–Crippen LogP) is 2.70. The lowest BCUT2D eigenvalue weighted by Gasteiger charge is -2.43. The molecular formula is C38H47N4O10S-. The van der Waals surface area contributed by atoms with E-state index in [1.54, 1.807) is 0 Å². The SMILES string of the molecule is CC(C)(CCNC(=O)NCc1ccccc1)CN(C[C@@H](O)[C@H](Cc1ccccc1)N(C(=O)[O-])[C@H]1CO[C@H]2OCC[C@H]21)S(=O)(=O)c1ccc2c(c1)OCO2. The Labute approximate surface area is 310 Å². The van der Waals surface area contributed by atoms with Gasteiger partial charge in [0.2, 0.25) is 16.8 Å². The van der Waals surface area contributed by atoms with Crippen molar-refractivity contribution in [1.29, 1.82) is 0 Å². The highest BCUT2D eigenvalue weighted by Gasteiger charge is 2.47. The molecule has 0 unspecified atom stereocenters. The van der Waals surface area contributed by atoms with Crippen LogP contribution in [-0.4, -0.2) is 99.0 Å². The molecule has 0 spiro atoms. The summed E-state index contributed by atoms with van der Waals surface area (Å²) in [5.41, 5.74) is 0.987. The Bertz CT molecular complexity index is 1810. The topological polar surface area (TPSA) is 179 Å². The molecule has 0 radical (unpaired) electrons. The Hall–Kier alpha value is -4.41. The lowest BCUT2D eigenvalue weighted by atomic mass is 9.89. The van der Waals surface area contributed by atoms with Crippen LogP contribution in [0.25, 0.3) is 0 Å². The lowest BCUT2D eigenvalue weighted by molar-refractivity contribution is -0.273. The quantitative estimate of drug-likeness (QED) is 0.197. The number of nitrogens with one attached hydrogen (secondary N) is 2. The molecular weight excluding hydrogens is 705 g/mol. The van der Waals surface area contributed by atoms with Crippen molar-refractivity contribution in [3.8, 4) is 11.5 Å². The van der Waals surface area contributed by atoms with Crippen LogP contribution in [0.15, 0.2) is 83.8 Å². The Morgan fingerprint density at radius 1 is 0.962 bits per heavy atom. The van der Waals surface area contributed by atoms with Gasteiger partial charge in [-0.15, -0.1) is 0 Å². The van der Waals surface area contributed by atoms with Crippen LogP contribution in [0.1, 0.15) is 37.8 Å². The maximum absolute atomic E-state index is 14.5. The van der Waals surface area contributed by atoms with Crippen molar-refractivity contribution in [3.63, 3.8) is 0 Å². The van der Waals surface area contributed by atoms with Crippen LogP contribution in [-0.2, 0) is 32.5 Å². The normalized spacial score (nSPS) is 20.5. The number of nitrogens with zero attached hydrogens (tertiary/aromatic N) is 2. The number of sulfonamides is 1. The fourth-order valence-electron chi connectivity index (χ4n) is 7.20. The molecule has 0 bridgehead atoms. The van der Waals surface area contributed by atoms with Gasteiger partial charge in [0.05, 0.1) is 36.3 Å². The molecule has 3 amide bonds. The molecule has 0 saturated carbocycles. The van der Waals surface area contributed by atoms with Crippen molar-refractivity contribution in [2.24, 2.45) is 11.3 Å². The number of rotatable bonds is 16. The highest BCUT2D eigenvalue weighted by Crippen LogP contribution is 2.38. The maximum atomic E-state index is 14.5. The number of amides is 3. The standard InChI is InChI=1S/C38H48N4O10S/c1-38(2,16-17-39-36(44)40-21-27-11-7-4-8-12-27)24-41(53(47,48)28-13-14-33-34(20-28)52-25-51-33)22-32(43)30(19-26-9-5-3-6-10-26)42(37(45)46)31-23-50-35-29(31)15-18-49-35/h3-14,20,29-32,35,43H,15-19,21-25H2,1-2H3,(H,45,46)(H2,39,40,44)/p-1/t29-,30-,31-,32+,35+/m0/s1. The van der Waals surface area contributed by atoms with Crippen molar-refractivity contribution in [2.45, 2.75) is 69.0 Å². The number of aliphatic hydroxyl groups excluding tert-OH is 1. The molecule has 0 aliphatic carbocycles. The van der Waals surface area contributed by atoms with Gasteiger partial charge in [-0.25, -0.2) is 13.2 Å². The number of hydrogen-bond donors (Lipinski definition) is 3. The van der Waals surface area contributed by atoms with Gasteiger partial charge in [-0.05, 0) is 47.9 Å². The second kappa shape index (κ2) is 16.7. The zero-order chi connectivity index (χ0) is 37.6. The van der Waals surface area contributed by atoms with Crippen LogP contribution >= 0.6 is 0 Å². The Morgan fingerprint density at radius 2 is 1.66 bits per heavy atom. The minimum absolute atomic E-state index is 0.0434. The zero-order valence-electron chi connectivity index (χ0n) is 29.9. The fraction of sp³-hybridized carbons (Fsp3) is 0.474. The highest BCUT2D eigenvalue weighted by molar-refractivity contribution is 7.89. The van der Waals surface area contributed by atoms with Gasteiger partial charge in [-0.2, -0.15) is 4.31 Å². The number of hydrogen-bond acceptors (Lipinski definition) is 10. The summed E-state index contributed by atoms with van der Waals surface area (Å²) in [5.74, 6) is 0.423. The second-order valence-corrected chi connectivity index (χ2v) is 16.3. The van der Waals surface area contributed by atoms with Gasteiger partial charge in [0.25, 0.3) is 0 Å². The first kappa shape index (κ1) is 38.3. The number of benzene rings is 3. The highest BCUT2D eigenvalue weighted by atomic mass is 32.2. The number of carbonyl (C=O) groups is 2. The summed E-state index contributed by atoms with van der Waals surface area (Å²) in [7, 11) is -4.31. The Kier molecular flexibility index (Phi) is 12.1. The van der Waals surface area contributed by atoms with E-state index in [0.29, 0.717) is 31.7 Å². The van der Waals surface area contributed by atoms with Crippen molar-refractivity contribution in [1.82, 2.24) is 19.8 Å². The first-order valence-electron chi connectivity index (χ1n) is 17.8. The third kappa shape index (κ3) is 9.40. The minimum Gasteiger partial charge on any atom is -0.530 e. The van der Waals surface area contributed by atoms with E-state index >= 15 is 0 Å². The summed E-state index contributed by atoms with van der Waals surface area (Å²) in [4.78, 5) is 26.6. The summed E-state index contributed by atoms with van der Waals surface area (Å²) < 4.78 is 52.5. The fourth-order valence-corrected chi connectivity index (χ4v) is 8.86. The van der Waals surface area contributed by atoms with E-state index in [-0.39, 0.29) is 55.5 Å². The second-order valence-electron chi connectivity index (χ2n) is 14.4. The summed E-state index contributed by atoms with van der Waals surface area (Å²) in [6.45, 7) is 4.26. The number of fused-ring (bicyclic) bond motifs is 2. The molecule has 2 fully saturated rings. The molecule has 5 atom stereocenters. The molecule has 3 heterocycles. The van der Waals surface area contributed by atoms with E-state index in [2.05, 4.69) is 10.6 Å². The molecule has 3 aliphatic heterocycles. The minimum atomic E-state index is -4.31. The van der Waals surface area contributed by atoms with Crippen LogP contribution in [0.3, 0.4) is 0 Å². The number of aliphatic hydroxyl groups is 1. The average molecular weight is 752 g/mol. The van der Waals surface area contributed by atoms with E-state index in [1.165, 1.54) is 22.5 Å². The van der Waals surface area contributed by atoms with Gasteiger partial charge in [0, 0.05) is 38.2 Å². The Balaban J connectivity index is 1.24. The molecule has 286 valence electrons. The molecule has 3 aliphatic rings. The van der Waals surface area contributed by atoms with Crippen LogP contribution < -0.4 is 25.2 Å². The number of carbonyl (C=O) groups excluding carboxylic acids is 2. The van der Waals surface area contributed by atoms with E-state index in [9.17, 15) is 28.2 Å². The van der Waals surface area contributed by atoms with Crippen LogP contribution in [0, 0.1) is 11.3 Å². The zero-order valence-corrected chi connectivity index (χ0v) is 30.7. The summed E-state index contributed by atoms with van der Waals surface area (Å²) in [6, 6.07) is 20.8. The number of carboxylic acid groups (broad SMARTS) is 1. The monoisotopic (exact) mass is 751 g/mol. The van der Waals surface area contributed by atoms with E-state index < -0.39 is 52.6 Å². The predicted molar refractivity (Wildman–Crippen MR) is 191 cm³/mol. The summed E-state index contributed by atoms with van der Waals surface area (Å²) in [5, 5.41) is 30.7. The van der Waals surface area contributed by atoms with Gasteiger partial charge in [0.1, 0.15) is 6.09 Å². The van der Waals surface area contributed by atoms with E-state index in [0.717, 1.165) is 16.0 Å². The third-order valence-corrected chi connectivity index (χ3v) is 11.8. The molecule has 2 saturated heterocycles. The van der Waals surface area contributed by atoms with Crippen molar-refractivity contribution >= 4 is 22.1 Å². The summed E-state index contributed by atoms with van der Waals surface area (Å²) >= 11 is 0. The van der Waals surface area contributed by atoms with Crippen LogP contribution in [0.4, 0.5) is 9.59 Å². The molecule has 0 aromatic heterocycles. The number of urea groups is 1. The van der Waals surface area contributed by atoms with Gasteiger partial charge < -0.3 is 49.5 Å². The molecule has 53 heavy (non-hydrogen) atoms. The number of ether oxygens (including phenoxy) is 4.